The summed E-state index contributed by atoms with van der Waals surface area (Å²) in [6, 6.07) is -0.200. The maximum Gasteiger partial charge on any atom is 0.274 e. The van der Waals surface area contributed by atoms with E-state index in [9.17, 15) is 4.79 Å². The highest BCUT2D eigenvalue weighted by molar-refractivity contribution is 5.91. The molecule has 94 valence electrons. The fourth-order valence-corrected chi connectivity index (χ4v) is 2.14. The van der Waals surface area contributed by atoms with E-state index in [1.54, 1.807) is 0 Å². The molecule has 0 saturated heterocycles. The van der Waals surface area contributed by atoms with Gasteiger partial charge in [-0.05, 0) is 13.3 Å². The zero-order chi connectivity index (χ0) is 12.5. The van der Waals surface area contributed by atoms with Crippen LogP contribution in [0.4, 0.5) is 0 Å². The van der Waals surface area contributed by atoms with Gasteiger partial charge in [0.05, 0.1) is 12.2 Å². The molecule has 0 aromatic carbocycles. The van der Waals surface area contributed by atoms with Crippen molar-refractivity contribution >= 4 is 5.91 Å². The molecule has 0 bridgehead atoms. The standard InChI is InChI=1S/C10H13N7O/c1-6(12-10(18)7-5-11-16-13-7)9-15-14-8-3-2-4-17(8)9/h5-6H,2-4H2,1H3,(H,12,18)(H,11,13,16). The first kappa shape index (κ1) is 10.9. The Morgan fingerprint density at radius 3 is 3.22 bits per heavy atom. The molecule has 2 aromatic rings. The number of rotatable bonds is 3. The number of aromatic amines is 1. The third-order valence-electron chi connectivity index (χ3n) is 3.02. The van der Waals surface area contributed by atoms with Crippen LogP contribution in [0.3, 0.4) is 0 Å². The largest absolute Gasteiger partial charge is 0.341 e. The molecule has 0 radical (unpaired) electrons. The van der Waals surface area contributed by atoms with Gasteiger partial charge in [0, 0.05) is 13.0 Å². The number of fused-ring (bicyclic) bond motifs is 1. The number of aromatic nitrogens is 6. The van der Waals surface area contributed by atoms with E-state index in [-0.39, 0.29) is 17.6 Å². The van der Waals surface area contributed by atoms with Crippen LogP contribution >= 0.6 is 0 Å². The molecule has 2 N–H and O–H groups in total. The van der Waals surface area contributed by atoms with Gasteiger partial charge >= 0.3 is 0 Å². The summed E-state index contributed by atoms with van der Waals surface area (Å²) in [5, 5.41) is 20.8. The summed E-state index contributed by atoms with van der Waals surface area (Å²) in [5.41, 5.74) is 0.267. The second-order valence-corrected chi connectivity index (χ2v) is 4.28. The third-order valence-corrected chi connectivity index (χ3v) is 3.02. The van der Waals surface area contributed by atoms with Crippen LogP contribution in [0, 0.1) is 0 Å². The number of carbonyl (C=O) groups excluding carboxylic acids is 1. The molecule has 0 saturated carbocycles. The Balaban J connectivity index is 1.75. The Kier molecular flexibility index (Phi) is 2.54. The molecule has 1 aliphatic rings. The molecule has 2 aromatic heterocycles. The number of nitrogens with one attached hydrogen (secondary N) is 2. The van der Waals surface area contributed by atoms with Crippen molar-refractivity contribution in [1.82, 2.24) is 35.5 Å². The Labute approximate surface area is 103 Å². The molecule has 8 nitrogen and oxygen atoms in total. The maximum atomic E-state index is 11.8. The number of hydrogen-bond donors (Lipinski definition) is 2. The third kappa shape index (κ3) is 1.75. The second-order valence-electron chi connectivity index (χ2n) is 4.28. The first-order chi connectivity index (χ1) is 8.75. The Hall–Kier alpha value is -2.25. The summed E-state index contributed by atoms with van der Waals surface area (Å²) in [6.07, 6.45) is 3.43. The topological polar surface area (TPSA) is 101 Å². The quantitative estimate of drug-likeness (QED) is 0.784. The normalized spacial score (nSPS) is 15.4. The summed E-state index contributed by atoms with van der Waals surface area (Å²) in [7, 11) is 0. The lowest BCUT2D eigenvalue weighted by molar-refractivity contribution is 0.0932. The molecule has 0 spiro atoms. The van der Waals surface area contributed by atoms with Gasteiger partial charge in [-0.1, -0.05) is 0 Å². The summed E-state index contributed by atoms with van der Waals surface area (Å²) in [4.78, 5) is 11.8. The smallest absolute Gasteiger partial charge is 0.274 e. The van der Waals surface area contributed by atoms with Crippen LogP contribution in [0.25, 0.3) is 0 Å². The van der Waals surface area contributed by atoms with Gasteiger partial charge in [-0.25, -0.2) is 0 Å². The fraction of sp³-hybridized carbons (Fsp3) is 0.500. The molecular formula is C10H13N7O. The van der Waals surface area contributed by atoms with Crippen LogP contribution in [0.15, 0.2) is 6.20 Å². The van der Waals surface area contributed by atoms with Gasteiger partial charge in [-0.15, -0.1) is 10.2 Å². The molecule has 1 unspecified atom stereocenters. The van der Waals surface area contributed by atoms with Crippen molar-refractivity contribution < 1.29 is 4.79 Å². The van der Waals surface area contributed by atoms with E-state index in [2.05, 4.69) is 35.5 Å². The van der Waals surface area contributed by atoms with Crippen molar-refractivity contribution in [1.29, 1.82) is 0 Å². The molecule has 0 aliphatic carbocycles. The number of nitrogens with zero attached hydrogens (tertiary/aromatic N) is 5. The predicted molar refractivity (Wildman–Crippen MR) is 60.6 cm³/mol. The van der Waals surface area contributed by atoms with Crippen LogP contribution < -0.4 is 5.32 Å². The minimum Gasteiger partial charge on any atom is -0.341 e. The van der Waals surface area contributed by atoms with Gasteiger partial charge in [0.15, 0.2) is 11.5 Å². The van der Waals surface area contributed by atoms with Crippen LogP contribution in [-0.2, 0) is 13.0 Å². The molecular weight excluding hydrogens is 234 g/mol. The van der Waals surface area contributed by atoms with Crippen molar-refractivity contribution in [3.8, 4) is 0 Å². The highest BCUT2D eigenvalue weighted by Gasteiger charge is 2.23. The number of aryl methyl sites for hydroxylation is 1. The van der Waals surface area contributed by atoms with Crippen molar-refractivity contribution in [2.45, 2.75) is 32.4 Å². The number of carbonyl (C=O) groups is 1. The van der Waals surface area contributed by atoms with Crippen LogP contribution in [-0.4, -0.2) is 36.1 Å². The van der Waals surface area contributed by atoms with Gasteiger partial charge in [-0.2, -0.15) is 15.4 Å². The number of H-pyrrole nitrogens is 1. The van der Waals surface area contributed by atoms with Gasteiger partial charge in [-0.3, -0.25) is 4.79 Å². The summed E-state index contributed by atoms with van der Waals surface area (Å²) in [5.74, 6) is 1.51. The molecule has 8 heteroatoms. The van der Waals surface area contributed by atoms with Crippen molar-refractivity contribution in [3.05, 3.63) is 23.5 Å². The molecule has 1 amide bonds. The highest BCUT2D eigenvalue weighted by Crippen LogP contribution is 2.18. The van der Waals surface area contributed by atoms with E-state index in [1.807, 2.05) is 6.92 Å². The first-order valence-electron chi connectivity index (χ1n) is 5.84. The summed E-state index contributed by atoms with van der Waals surface area (Å²) in [6.45, 7) is 2.80. The lowest BCUT2D eigenvalue weighted by Gasteiger charge is -2.12. The van der Waals surface area contributed by atoms with E-state index in [0.717, 1.165) is 31.0 Å². The van der Waals surface area contributed by atoms with Crippen LogP contribution in [0.1, 0.15) is 41.5 Å². The van der Waals surface area contributed by atoms with E-state index in [0.29, 0.717) is 0 Å². The van der Waals surface area contributed by atoms with Crippen LogP contribution in [0.5, 0.6) is 0 Å². The average Bonchev–Trinajstić information content (AvgIpc) is 3.06. The molecule has 3 heterocycles. The van der Waals surface area contributed by atoms with E-state index < -0.39 is 0 Å². The first-order valence-corrected chi connectivity index (χ1v) is 5.84. The number of amides is 1. The van der Waals surface area contributed by atoms with Crippen LogP contribution in [0.2, 0.25) is 0 Å². The molecule has 1 atom stereocenters. The molecule has 1 aliphatic heterocycles. The molecule has 0 fully saturated rings. The van der Waals surface area contributed by atoms with Crippen molar-refractivity contribution in [2.24, 2.45) is 0 Å². The highest BCUT2D eigenvalue weighted by atomic mass is 16.2. The average molecular weight is 247 g/mol. The molecule has 3 rings (SSSR count). The maximum absolute atomic E-state index is 11.8. The lowest BCUT2D eigenvalue weighted by Crippen LogP contribution is -2.29. The van der Waals surface area contributed by atoms with Gasteiger partial charge < -0.3 is 9.88 Å². The minimum atomic E-state index is -0.272. The predicted octanol–water partition coefficient (Wildman–Crippen LogP) is -0.167. The summed E-state index contributed by atoms with van der Waals surface area (Å²) >= 11 is 0. The SMILES string of the molecule is CC(NC(=O)c1cn[nH]n1)c1nnc2n1CCC2. The summed E-state index contributed by atoms with van der Waals surface area (Å²) < 4.78 is 2.06. The van der Waals surface area contributed by atoms with Gasteiger partial charge in [0.2, 0.25) is 0 Å². The lowest BCUT2D eigenvalue weighted by atomic mass is 10.3. The van der Waals surface area contributed by atoms with Gasteiger partial charge in [0.25, 0.3) is 5.91 Å². The Bertz CT molecular complexity index is 559. The van der Waals surface area contributed by atoms with E-state index in [4.69, 9.17) is 0 Å². The van der Waals surface area contributed by atoms with Gasteiger partial charge in [0.1, 0.15) is 5.82 Å². The fourth-order valence-electron chi connectivity index (χ4n) is 2.14. The second kappa shape index (κ2) is 4.21. The van der Waals surface area contributed by atoms with E-state index in [1.165, 1.54) is 6.20 Å². The van der Waals surface area contributed by atoms with Crippen molar-refractivity contribution in [3.63, 3.8) is 0 Å². The zero-order valence-corrected chi connectivity index (χ0v) is 9.92. The monoisotopic (exact) mass is 247 g/mol. The zero-order valence-electron chi connectivity index (χ0n) is 9.92. The minimum absolute atomic E-state index is 0.200. The van der Waals surface area contributed by atoms with Crippen molar-refractivity contribution in [2.75, 3.05) is 0 Å². The van der Waals surface area contributed by atoms with E-state index >= 15 is 0 Å². The Morgan fingerprint density at radius 2 is 2.44 bits per heavy atom. The number of hydrogen-bond acceptors (Lipinski definition) is 5. The Morgan fingerprint density at radius 1 is 1.56 bits per heavy atom. The molecule has 18 heavy (non-hydrogen) atoms.